The number of benzene rings is 2. The van der Waals surface area contributed by atoms with E-state index in [4.69, 9.17) is 37.9 Å². The Hall–Kier alpha value is -2.86. The van der Waals surface area contributed by atoms with E-state index in [9.17, 15) is 9.59 Å². The second-order valence-corrected chi connectivity index (χ2v) is 9.09. The van der Waals surface area contributed by atoms with Gasteiger partial charge in [-0.25, -0.2) is 0 Å². The minimum Gasteiger partial charge on any atom is -0.456 e. The number of hydrogen-bond donors (Lipinski definition) is 0. The van der Waals surface area contributed by atoms with Crippen molar-refractivity contribution >= 4 is 11.9 Å². The maximum Gasteiger partial charge on any atom is 0.303 e. The fraction of sp³-hybridized carbons (Fsp3) is 0.533. The first-order valence-electron chi connectivity index (χ1n) is 13.1. The Kier molecular flexibility index (Phi) is 15.4. The van der Waals surface area contributed by atoms with Crippen LogP contribution in [0.4, 0.5) is 0 Å². The third-order valence-electron chi connectivity index (χ3n) is 6.18. The Morgan fingerprint density at radius 3 is 1.18 bits per heavy atom. The normalized spacial score (nSPS) is 14.5. The quantitative estimate of drug-likeness (QED) is 0.184. The molecule has 222 valence electrons. The van der Waals surface area contributed by atoms with Gasteiger partial charge in [0.15, 0.2) is 24.8 Å². The van der Waals surface area contributed by atoms with Crippen LogP contribution in [0.25, 0.3) is 0 Å². The van der Waals surface area contributed by atoms with Gasteiger partial charge < -0.3 is 37.9 Å². The lowest BCUT2D eigenvalue weighted by molar-refractivity contribution is -0.215. The van der Waals surface area contributed by atoms with Crippen molar-refractivity contribution in [1.29, 1.82) is 0 Å². The Bertz CT molecular complexity index is 883. The molecule has 2 aromatic carbocycles. The molecule has 40 heavy (non-hydrogen) atoms. The molecule has 0 heterocycles. The number of esters is 2. The van der Waals surface area contributed by atoms with Crippen LogP contribution in [-0.2, 0) is 60.7 Å². The predicted octanol–water partition coefficient (Wildman–Crippen LogP) is 4.04. The smallest absolute Gasteiger partial charge is 0.303 e. The van der Waals surface area contributed by atoms with Gasteiger partial charge in [0.1, 0.15) is 12.2 Å². The summed E-state index contributed by atoms with van der Waals surface area (Å²) in [5.74, 6) is -1.17. The Balaban J connectivity index is 2.50. The first kappa shape index (κ1) is 33.3. The molecule has 10 nitrogen and oxygen atoms in total. The molecule has 0 amide bonds. The van der Waals surface area contributed by atoms with Gasteiger partial charge in [0, 0.05) is 55.1 Å². The zero-order valence-electron chi connectivity index (χ0n) is 24.1. The molecule has 0 fully saturated rings. The highest BCUT2D eigenvalue weighted by molar-refractivity contribution is 5.67. The molecule has 10 heteroatoms. The number of carbonyl (C=O) groups is 2. The zero-order valence-corrected chi connectivity index (χ0v) is 24.1. The van der Waals surface area contributed by atoms with E-state index in [1.54, 1.807) is 0 Å². The van der Waals surface area contributed by atoms with Crippen LogP contribution in [0.3, 0.4) is 0 Å². The Morgan fingerprint density at radius 2 is 0.900 bits per heavy atom. The maximum absolute atomic E-state index is 12.4. The summed E-state index contributed by atoms with van der Waals surface area (Å²) >= 11 is 0. The second-order valence-electron chi connectivity index (χ2n) is 9.09. The molecule has 0 bridgehead atoms. The largest absolute Gasteiger partial charge is 0.456 e. The molecule has 0 spiro atoms. The van der Waals surface area contributed by atoms with Crippen molar-refractivity contribution in [3.8, 4) is 0 Å². The minimum atomic E-state index is -1.09. The van der Waals surface area contributed by atoms with Gasteiger partial charge in [-0.3, -0.25) is 9.59 Å². The molecule has 0 radical (unpaired) electrons. The molecule has 0 aliphatic rings. The summed E-state index contributed by atoms with van der Waals surface area (Å²) in [6.07, 6.45) is -4.86. The summed E-state index contributed by atoms with van der Waals surface area (Å²) in [5, 5.41) is 0. The first-order chi connectivity index (χ1) is 19.3. The lowest BCUT2D eigenvalue weighted by Gasteiger charge is -2.38. The number of rotatable bonds is 19. The monoisotopic (exact) mass is 562 g/mol. The van der Waals surface area contributed by atoms with Crippen LogP contribution in [0.5, 0.6) is 0 Å². The van der Waals surface area contributed by atoms with Crippen molar-refractivity contribution in [1.82, 2.24) is 0 Å². The van der Waals surface area contributed by atoms with Gasteiger partial charge in [0.05, 0.1) is 13.2 Å². The molecule has 0 saturated heterocycles. The summed E-state index contributed by atoms with van der Waals surface area (Å²) in [7, 11) is 6.00. The van der Waals surface area contributed by atoms with E-state index < -0.39 is 48.9 Å². The number of hydrogen-bond acceptors (Lipinski definition) is 10. The van der Waals surface area contributed by atoms with Crippen LogP contribution in [-0.4, -0.2) is 77.4 Å². The van der Waals surface area contributed by atoms with E-state index in [2.05, 4.69) is 0 Å². The van der Waals surface area contributed by atoms with Crippen molar-refractivity contribution in [2.45, 2.75) is 76.9 Å². The van der Waals surface area contributed by atoms with E-state index in [0.717, 1.165) is 11.1 Å². The molecular formula is C30H42O10. The van der Waals surface area contributed by atoms with Crippen LogP contribution in [0, 0.1) is 0 Å². The highest BCUT2D eigenvalue weighted by atomic mass is 16.7. The third kappa shape index (κ3) is 11.7. The van der Waals surface area contributed by atoms with Crippen LogP contribution >= 0.6 is 0 Å². The van der Waals surface area contributed by atoms with Gasteiger partial charge >= 0.3 is 11.9 Å². The number of ether oxygens (including phenoxy) is 8. The summed E-state index contributed by atoms with van der Waals surface area (Å²) in [6.45, 7) is 2.96. The molecule has 4 atom stereocenters. The van der Waals surface area contributed by atoms with Gasteiger partial charge in [0.2, 0.25) is 0 Å². The van der Waals surface area contributed by atoms with Crippen molar-refractivity contribution < 1.29 is 47.5 Å². The van der Waals surface area contributed by atoms with Gasteiger partial charge in [-0.15, -0.1) is 0 Å². The molecule has 2 aromatic rings. The lowest BCUT2D eigenvalue weighted by Crippen LogP contribution is -2.52. The fourth-order valence-electron chi connectivity index (χ4n) is 4.20. The number of methoxy groups -OCH3 is 4. The minimum absolute atomic E-state index is 0.166. The summed E-state index contributed by atoms with van der Waals surface area (Å²) in [4.78, 5) is 24.8. The summed E-state index contributed by atoms with van der Waals surface area (Å²) in [6, 6.07) is 19.1. The van der Waals surface area contributed by atoms with Crippen molar-refractivity contribution in [3.63, 3.8) is 0 Å². The first-order valence-corrected chi connectivity index (χ1v) is 13.1. The Morgan fingerprint density at radius 1 is 0.575 bits per heavy atom. The molecule has 0 aliphatic heterocycles. The molecule has 0 saturated carbocycles. The molecule has 0 N–H and O–H groups in total. The maximum atomic E-state index is 12.4. The molecule has 0 unspecified atom stereocenters. The third-order valence-corrected chi connectivity index (χ3v) is 6.18. The van der Waals surface area contributed by atoms with Crippen LogP contribution < -0.4 is 0 Å². The predicted molar refractivity (Wildman–Crippen MR) is 146 cm³/mol. The summed E-state index contributed by atoms with van der Waals surface area (Å²) < 4.78 is 46.0. The second kappa shape index (κ2) is 18.5. The van der Waals surface area contributed by atoms with E-state index >= 15 is 0 Å². The highest BCUT2D eigenvalue weighted by Gasteiger charge is 2.43. The SMILES string of the molecule is COC(C[C@@H](OCc1ccccc1)[C@@H](OC(C)=O)[C@H](OC(C)=O)[C@@H](CC(OC)OC)OCc1ccccc1)OC. The van der Waals surface area contributed by atoms with Gasteiger partial charge in [-0.05, 0) is 11.1 Å². The molecule has 0 aromatic heterocycles. The standard InChI is InChI=1S/C30H42O10/c1-21(31)39-29(25(17-27(33-3)34-4)37-19-23-13-9-7-10-14-23)30(40-22(2)32)26(18-28(35-5)36-6)38-20-24-15-11-8-12-16-24/h7-16,25-30H,17-20H2,1-6H3/t25-,26-,29-,30-/m1/s1. The van der Waals surface area contributed by atoms with Crippen molar-refractivity contribution in [2.24, 2.45) is 0 Å². The average molecular weight is 563 g/mol. The van der Waals surface area contributed by atoms with Crippen LogP contribution in [0.2, 0.25) is 0 Å². The van der Waals surface area contributed by atoms with Crippen molar-refractivity contribution in [3.05, 3.63) is 71.8 Å². The van der Waals surface area contributed by atoms with Crippen LogP contribution in [0.1, 0.15) is 37.8 Å². The average Bonchev–Trinajstić information content (AvgIpc) is 2.96. The van der Waals surface area contributed by atoms with E-state index in [1.807, 2.05) is 60.7 Å². The Labute approximate surface area is 236 Å². The van der Waals surface area contributed by atoms with E-state index in [0.29, 0.717) is 0 Å². The fourth-order valence-corrected chi connectivity index (χ4v) is 4.20. The topological polar surface area (TPSA) is 108 Å². The van der Waals surface area contributed by atoms with Gasteiger partial charge in [0.25, 0.3) is 0 Å². The van der Waals surface area contributed by atoms with Crippen molar-refractivity contribution in [2.75, 3.05) is 28.4 Å². The zero-order chi connectivity index (χ0) is 29.3. The summed E-state index contributed by atoms with van der Waals surface area (Å²) in [5.41, 5.74) is 1.81. The number of carbonyl (C=O) groups excluding carboxylic acids is 2. The van der Waals surface area contributed by atoms with Gasteiger partial charge in [-0.1, -0.05) is 60.7 Å². The highest BCUT2D eigenvalue weighted by Crippen LogP contribution is 2.27. The van der Waals surface area contributed by atoms with E-state index in [1.165, 1.54) is 42.3 Å². The molecule has 0 aliphatic carbocycles. The van der Waals surface area contributed by atoms with Gasteiger partial charge in [-0.2, -0.15) is 0 Å². The molecule has 2 rings (SSSR count). The molecular weight excluding hydrogens is 520 g/mol. The van der Waals surface area contributed by atoms with E-state index in [-0.39, 0.29) is 26.1 Å². The lowest BCUT2D eigenvalue weighted by atomic mass is 9.97. The van der Waals surface area contributed by atoms with Crippen LogP contribution in [0.15, 0.2) is 60.7 Å².